The van der Waals surface area contributed by atoms with E-state index in [4.69, 9.17) is 23.2 Å². The van der Waals surface area contributed by atoms with Crippen LogP contribution in [0.25, 0.3) is 0 Å². The molecule has 16 heavy (non-hydrogen) atoms. The first kappa shape index (κ1) is 13.8. The summed E-state index contributed by atoms with van der Waals surface area (Å²) in [5, 5.41) is 0. The highest BCUT2D eigenvalue weighted by Gasteiger charge is 2.31. The molecular formula is C13H17Cl2F. The molecule has 1 rings (SSSR count). The number of hydrogen-bond donors (Lipinski definition) is 0. The summed E-state index contributed by atoms with van der Waals surface area (Å²) in [6.07, 6.45) is 0.908. The van der Waals surface area contributed by atoms with Crippen LogP contribution in [0.3, 0.4) is 0 Å². The maximum atomic E-state index is 12.9. The maximum absolute atomic E-state index is 12.9. The van der Waals surface area contributed by atoms with E-state index in [1.165, 1.54) is 12.1 Å². The van der Waals surface area contributed by atoms with E-state index < -0.39 is 0 Å². The lowest BCUT2D eigenvalue weighted by molar-refractivity contribution is 0.408. The Balaban J connectivity index is 3.04. The average Bonchev–Trinajstić information content (AvgIpc) is 2.27. The second kappa shape index (κ2) is 5.88. The predicted molar refractivity (Wildman–Crippen MR) is 69.0 cm³/mol. The van der Waals surface area contributed by atoms with Gasteiger partial charge in [0.15, 0.2) is 0 Å². The quantitative estimate of drug-likeness (QED) is 0.682. The molecule has 0 bridgehead atoms. The van der Waals surface area contributed by atoms with Crippen molar-refractivity contribution in [2.24, 2.45) is 5.92 Å². The zero-order valence-corrected chi connectivity index (χ0v) is 11.2. The minimum absolute atomic E-state index is 0.230. The molecule has 0 heterocycles. The molecule has 0 aromatic heterocycles. The molecule has 0 unspecified atom stereocenters. The summed E-state index contributed by atoms with van der Waals surface area (Å²) in [7, 11) is 0. The molecule has 0 spiro atoms. The van der Waals surface area contributed by atoms with E-state index in [-0.39, 0.29) is 11.2 Å². The zero-order valence-electron chi connectivity index (χ0n) is 9.64. The lowest BCUT2D eigenvalue weighted by atomic mass is 9.77. The molecule has 0 fully saturated rings. The van der Waals surface area contributed by atoms with E-state index in [0.717, 1.165) is 12.0 Å². The van der Waals surface area contributed by atoms with Crippen molar-refractivity contribution in [1.82, 2.24) is 0 Å². The molecule has 0 amide bonds. The van der Waals surface area contributed by atoms with Gasteiger partial charge in [-0.15, -0.1) is 23.2 Å². The van der Waals surface area contributed by atoms with Crippen molar-refractivity contribution in [2.75, 3.05) is 11.8 Å². The maximum Gasteiger partial charge on any atom is 0.123 e. The molecule has 0 aliphatic rings. The van der Waals surface area contributed by atoms with E-state index in [1.54, 1.807) is 12.1 Å². The summed E-state index contributed by atoms with van der Waals surface area (Å²) in [4.78, 5) is 0. The number of benzene rings is 1. The fraction of sp³-hybridized carbons (Fsp3) is 0.538. The second-order valence-electron chi connectivity index (χ2n) is 4.65. The molecule has 0 radical (unpaired) electrons. The molecule has 3 heteroatoms. The predicted octanol–water partition coefficient (Wildman–Crippen LogP) is 4.59. The molecule has 0 nitrogen and oxygen atoms in total. The summed E-state index contributed by atoms with van der Waals surface area (Å²) in [6, 6.07) is 6.48. The molecule has 0 N–H and O–H groups in total. The topological polar surface area (TPSA) is 0 Å². The normalized spacial score (nSPS) is 12.1. The lowest BCUT2D eigenvalue weighted by Gasteiger charge is -2.32. The smallest absolute Gasteiger partial charge is 0.123 e. The van der Waals surface area contributed by atoms with Crippen LogP contribution in [0.1, 0.15) is 25.8 Å². The summed E-state index contributed by atoms with van der Waals surface area (Å²) in [5.41, 5.74) is 0.776. The van der Waals surface area contributed by atoms with Crippen molar-refractivity contribution in [1.29, 1.82) is 0 Å². The first-order chi connectivity index (χ1) is 7.54. The van der Waals surface area contributed by atoms with Gasteiger partial charge in [0.25, 0.3) is 0 Å². The number of alkyl halides is 2. The highest BCUT2D eigenvalue weighted by atomic mass is 35.5. The Bertz CT molecular complexity index is 315. The van der Waals surface area contributed by atoms with E-state index in [9.17, 15) is 4.39 Å². The van der Waals surface area contributed by atoms with Gasteiger partial charge in [-0.05, 0) is 30.0 Å². The van der Waals surface area contributed by atoms with Gasteiger partial charge >= 0.3 is 0 Å². The van der Waals surface area contributed by atoms with Crippen molar-refractivity contribution < 1.29 is 4.39 Å². The highest BCUT2D eigenvalue weighted by Crippen LogP contribution is 2.34. The van der Waals surface area contributed by atoms with Crippen molar-refractivity contribution in [2.45, 2.75) is 25.7 Å². The third kappa shape index (κ3) is 3.11. The van der Waals surface area contributed by atoms with Crippen LogP contribution < -0.4 is 0 Å². The van der Waals surface area contributed by atoms with Crippen molar-refractivity contribution in [3.8, 4) is 0 Å². The molecule has 0 saturated carbocycles. The number of halogens is 3. The molecular weight excluding hydrogens is 246 g/mol. The minimum atomic E-state index is -0.245. The average molecular weight is 263 g/mol. The molecule has 1 aromatic carbocycles. The third-order valence-corrected chi connectivity index (χ3v) is 3.79. The van der Waals surface area contributed by atoms with Crippen molar-refractivity contribution in [3.63, 3.8) is 0 Å². The molecule has 0 aliphatic heterocycles. The summed E-state index contributed by atoms with van der Waals surface area (Å²) in [5.74, 6) is 1.19. The molecule has 90 valence electrons. The van der Waals surface area contributed by atoms with Gasteiger partial charge in [0.2, 0.25) is 0 Å². The number of hydrogen-bond acceptors (Lipinski definition) is 0. The lowest BCUT2D eigenvalue weighted by Crippen LogP contribution is -2.32. The summed E-state index contributed by atoms with van der Waals surface area (Å²) in [6.45, 7) is 4.27. The molecule has 0 atom stereocenters. The Morgan fingerprint density at radius 3 is 2.00 bits per heavy atom. The van der Waals surface area contributed by atoms with Crippen LogP contribution in [0.5, 0.6) is 0 Å². The van der Waals surface area contributed by atoms with E-state index in [2.05, 4.69) is 13.8 Å². The monoisotopic (exact) mass is 262 g/mol. The van der Waals surface area contributed by atoms with Gasteiger partial charge < -0.3 is 0 Å². The van der Waals surface area contributed by atoms with E-state index in [0.29, 0.717) is 17.7 Å². The van der Waals surface area contributed by atoms with Gasteiger partial charge in [-0.25, -0.2) is 4.39 Å². The van der Waals surface area contributed by atoms with E-state index in [1.807, 2.05) is 0 Å². The van der Waals surface area contributed by atoms with E-state index >= 15 is 0 Å². The van der Waals surface area contributed by atoms with Gasteiger partial charge in [0.1, 0.15) is 5.82 Å². The number of rotatable bonds is 5. The van der Waals surface area contributed by atoms with Crippen LogP contribution in [0, 0.1) is 11.7 Å². The van der Waals surface area contributed by atoms with Crippen molar-refractivity contribution in [3.05, 3.63) is 35.6 Å². The minimum Gasteiger partial charge on any atom is -0.207 e. The summed E-state index contributed by atoms with van der Waals surface area (Å²) >= 11 is 12.1. The highest BCUT2D eigenvalue weighted by molar-refractivity contribution is 6.22. The standard InChI is InChI=1S/C13H17Cl2F/c1-10(2)7-13(8-14,9-15)11-3-5-12(16)6-4-11/h3-6,10H,7-9H2,1-2H3. The first-order valence-corrected chi connectivity index (χ1v) is 6.49. The summed E-state index contributed by atoms with van der Waals surface area (Å²) < 4.78 is 12.9. The first-order valence-electron chi connectivity index (χ1n) is 5.42. The van der Waals surface area contributed by atoms with Gasteiger partial charge in [-0.2, -0.15) is 0 Å². The second-order valence-corrected chi connectivity index (χ2v) is 5.19. The van der Waals surface area contributed by atoms with Gasteiger partial charge in [0.05, 0.1) is 0 Å². The Kier molecular flexibility index (Phi) is 5.07. The van der Waals surface area contributed by atoms with Crippen LogP contribution in [-0.4, -0.2) is 11.8 Å². The zero-order chi connectivity index (χ0) is 12.2. The van der Waals surface area contributed by atoms with Gasteiger partial charge in [-0.3, -0.25) is 0 Å². The Hall–Kier alpha value is -0.270. The molecule has 0 aliphatic carbocycles. The fourth-order valence-electron chi connectivity index (χ4n) is 2.00. The third-order valence-electron chi connectivity index (χ3n) is 2.77. The largest absolute Gasteiger partial charge is 0.207 e. The Morgan fingerprint density at radius 2 is 1.62 bits per heavy atom. The van der Waals surface area contributed by atoms with Crippen LogP contribution >= 0.6 is 23.2 Å². The van der Waals surface area contributed by atoms with Crippen LogP contribution in [-0.2, 0) is 5.41 Å². The Labute approximate surface area is 107 Å². The van der Waals surface area contributed by atoms with Crippen LogP contribution in [0.4, 0.5) is 4.39 Å². The Morgan fingerprint density at radius 1 is 1.12 bits per heavy atom. The SMILES string of the molecule is CC(C)CC(CCl)(CCl)c1ccc(F)cc1. The van der Waals surface area contributed by atoms with Crippen LogP contribution in [0.2, 0.25) is 0 Å². The van der Waals surface area contributed by atoms with Crippen molar-refractivity contribution >= 4 is 23.2 Å². The molecule has 1 aromatic rings. The molecule has 0 saturated heterocycles. The van der Waals surface area contributed by atoms with Gasteiger partial charge in [-0.1, -0.05) is 26.0 Å². The van der Waals surface area contributed by atoms with Gasteiger partial charge in [0, 0.05) is 17.2 Å². The fourth-order valence-corrected chi connectivity index (χ4v) is 2.81. The van der Waals surface area contributed by atoms with Crippen LogP contribution in [0.15, 0.2) is 24.3 Å².